The van der Waals surface area contributed by atoms with Gasteiger partial charge in [0.25, 0.3) is 0 Å². The topological polar surface area (TPSA) is 21.9 Å². The molecule has 2 saturated carbocycles. The Morgan fingerprint density at radius 1 is 0.818 bits per heavy atom. The van der Waals surface area contributed by atoms with Gasteiger partial charge in [-0.25, -0.2) is 0 Å². The molecule has 1 aliphatic heterocycles. The molecule has 2 aliphatic carbocycles. The van der Waals surface area contributed by atoms with E-state index in [0.29, 0.717) is 0 Å². The fourth-order valence-corrected chi connectivity index (χ4v) is 3.24. The summed E-state index contributed by atoms with van der Waals surface area (Å²) < 4.78 is 0. The minimum atomic E-state index is 0.953. The summed E-state index contributed by atoms with van der Waals surface area (Å²) in [5.41, 5.74) is 0. The highest BCUT2D eigenvalue weighted by atomic mass is 15.2. The monoisotopic (exact) mass is 151 g/mol. The molecule has 0 bridgehead atoms. The van der Waals surface area contributed by atoms with Crippen molar-refractivity contribution in [2.75, 3.05) is 0 Å². The first-order valence-electron chi connectivity index (χ1n) is 5.19. The van der Waals surface area contributed by atoms with E-state index in [1.54, 1.807) is 0 Å². The lowest BCUT2D eigenvalue weighted by Crippen LogP contribution is -2.27. The highest BCUT2D eigenvalue weighted by molar-refractivity contribution is 5.05. The second-order valence-corrected chi connectivity index (χ2v) is 4.66. The highest BCUT2D eigenvalue weighted by Crippen LogP contribution is 2.44. The van der Waals surface area contributed by atoms with Crippen LogP contribution in [0.1, 0.15) is 38.5 Å². The SMILES string of the molecule is C1CCC2CC3NC3CC2C1. The van der Waals surface area contributed by atoms with Crippen molar-refractivity contribution >= 4 is 0 Å². The van der Waals surface area contributed by atoms with Gasteiger partial charge in [0.05, 0.1) is 0 Å². The lowest BCUT2D eigenvalue weighted by molar-refractivity contribution is 0.190. The van der Waals surface area contributed by atoms with Gasteiger partial charge in [-0.2, -0.15) is 0 Å². The predicted molar refractivity (Wildman–Crippen MR) is 45.4 cm³/mol. The average Bonchev–Trinajstić information content (AvgIpc) is 2.77. The summed E-state index contributed by atoms with van der Waals surface area (Å²) in [6.07, 6.45) is 9.12. The van der Waals surface area contributed by atoms with Crippen molar-refractivity contribution in [1.29, 1.82) is 0 Å². The zero-order chi connectivity index (χ0) is 7.26. The molecule has 3 aliphatic rings. The molecule has 62 valence electrons. The molecule has 11 heavy (non-hydrogen) atoms. The lowest BCUT2D eigenvalue weighted by Gasteiger charge is -2.34. The van der Waals surface area contributed by atoms with Crippen LogP contribution in [-0.4, -0.2) is 12.1 Å². The third-order valence-electron chi connectivity index (χ3n) is 3.98. The van der Waals surface area contributed by atoms with Crippen molar-refractivity contribution in [3.8, 4) is 0 Å². The van der Waals surface area contributed by atoms with Crippen LogP contribution in [0.3, 0.4) is 0 Å². The normalized spacial score (nSPS) is 54.5. The Bertz CT molecular complexity index is 148. The molecule has 0 aromatic heterocycles. The van der Waals surface area contributed by atoms with E-state index in [0.717, 1.165) is 23.9 Å². The molecule has 0 radical (unpaired) electrons. The molecule has 0 amide bonds. The molecule has 1 heteroatoms. The lowest BCUT2D eigenvalue weighted by atomic mass is 9.71. The van der Waals surface area contributed by atoms with E-state index in [2.05, 4.69) is 5.32 Å². The van der Waals surface area contributed by atoms with Gasteiger partial charge in [-0.15, -0.1) is 0 Å². The Hall–Kier alpha value is -0.0400. The molecule has 1 heterocycles. The summed E-state index contributed by atoms with van der Waals surface area (Å²) in [4.78, 5) is 0. The summed E-state index contributed by atoms with van der Waals surface area (Å²) in [7, 11) is 0. The van der Waals surface area contributed by atoms with Gasteiger partial charge in [0, 0.05) is 12.1 Å². The van der Waals surface area contributed by atoms with E-state index in [1.807, 2.05) is 0 Å². The van der Waals surface area contributed by atoms with Gasteiger partial charge in [-0.3, -0.25) is 0 Å². The van der Waals surface area contributed by atoms with Crippen LogP contribution in [0.25, 0.3) is 0 Å². The molecular weight excluding hydrogens is 134 g/mol. The Kier molecular flexibility index (Phi) is 1.31. The van der Waals surface area contributed by atoms with Gasteiger partial charge in [0.1, 0.15) is 0 Å². The van der Waals surface area contributed by atoms with E-state index < -0.39 is 0 Å². The minimum Gasteiger partial charge on any atom is -0.308 e. The number of fused-ring (bicyclic) bond motifs is 2. The molecule has 0 aromatic rings. The Morgan fingerprint density at radius 2 is 1.36 bits per heavy atom. The van der Waals surface area contributed by atoms with E-state index in [4.69, 9.17) is 0 Å². The van der Waals surface area contributed by atoms with Crippen LogP contribution in [0.2, 0.25) is 0 Å². The molecule has 3 rings (SSSR count). The first-order valence-corrected chi connectivity index (χ1v) is 5.19. The van der Waals surface area contributed by atoms with Crippen LogP contribution >= 0.6 is 0 Å². The summed E-state index contributed by atoms with van der Waals surface area (Å²) in [5.74, 6) is 2.22. The molecule has 4 unspecified atom stereocenters. The zero-order valence-electron chi connectivity index (χ0n) is 7.05. The van der Waals surface area contributed by atoms with Crippen LogP contribution in [0.5, 0.6) is 0 Å². The van der Waals surface area contributed by atoms with Crippen LogP contribution in [-0.2, 0) is 0 Å². The maximum Gasteiger partial charge on any atom is 0.0227 e. The molecule has 1 N–H and O–H groups in total. The first kappa shape index (κ1) is 6.47. The fraction of sp³-hybridized carbons (Fsp3) is 1.00. The second-order valence-electron chi connectivity index (χ2n) is 4.66. The number of hydrogen-bond acceptors (Lipinski definition) is 1. The average molecular weight is 151 g/mol. The van der Waals surface area contributed by atoms with Crippen LogP contribution < -0.4 is 5.32 Å². The molecule has 3 fully saturated rings. The van der Waals surface area contributed by atoms with Gasteiger partial charge in [-0.05, 0) is 24.7 Å². The molecule has 0 aromatic carbocycles. The number of nitrogens with one attached hydrogen (secondary N) is 1. The summed E-state index contributed by atoms with van der Waals surface area (Å²) >= 11 is 0. The Morgan fingerprint density at radius 3 is 1.91 bits per heavy atom. The Labute approximate surface area is 68.6 Å². The molecule has 0 spiro atoms. The summed E-state index contributed by atoms with van der Waals surface area (Å²) in [6.45, 7) is 0. The maximum atomic E-state index is 3.59. The van der Waals surface area contributed by atoms with Gasteiger partial charge in [0.2, 0.25) is 0 Å². The first-order chi connectivity index (χ1) is 5.43. The van der Waals surface area contributed by atoms with Crippen molar-refractivity contribution in [2.45, 2.75) is 50.6 Å². The van der Waals surface area contributed by atoms with Gasteiger partial charge < -0.3 is 5.32 Å². The third kappa shape index (κ3) is 1.01. The van der Waals surface area contributed by atoms with Gasteiger partial charge in [-0.1, -0.05) is 25.7 Å². The molecule has 1 saturated heterocycles. The second kappa shape index (κ2) is 2.22. The van der Waals surface area contributed by atoms with Crippen molar-refractivity contribution in [3.63, 3.8) is 0 Å². The third-order valence-corrected chi connectivity index (χ3v) is 3.98. The van der Waals surface area contributed by atoms with Crippen molar-refractivity contribution in [1.82, 2.24) is 5.32 Å². The largest absolute Gasteiger partial charge is 0.308 e. The minimum absolute atomic E-state index is 0.953. The quantitative estimate of drug-likeness (QED) is 0.525. The molecule has 4 atom stereocenters. The summed E-state index contributed by atoms with van der Waals surface area (Å²) in [5, 5.41) is 3.59. The van der Waals surface area contributed by atoms with Crippen LogP contribution in [0, 0.1) is 11.8 Å². The van der Waals surface area contributed by atoms with E-state index in [9.17, 15) is 0 Å². The van der Waals surface area contributed by atoms with E-state index in [-0.39, 0.29) is 0 Å². The van der Waals surface area contributed by atoms with Crippen molar-refractivity contribution in [2.24, 2.45) is 11.8 Å². The van der Waals surface area contributed by atoms with Crippen LogP contribution in [0.15, 0.2) is 0 Å². The standard InChI is InChI=1S/C10H17N/c1-2-4-8-6-10-9(11-10)5-7(8)3-1/h7-11H,1-6H2. The van der Waals surface area contributed by atoms with Gasteiger partial charge >= 0.3 is 0 Å². The number of rotatable bonds is 0. The van der Waals surface area contributed by atoms with Gasteiger partial charge in [0.15, 0.2) is 0 Å². The smallest absolute Gasteiger partial charge is 0.0227 e. The zero-order valence-corrected chi connectivity index (χ0v) is 7.05. The van der Waals surface area contributed by atoms with E-state index in [1.165, 1.54) is 38.5 Å². The van der Waals surface area contributed by atoms with Crippen molar-refractivity contribution < 1.29 is 0 Å². The molecular formula is C10H17N. The number of hydrogen-bond donors (Lipinski definition) is 1. The molecule has 1 nitrogen and oxygen atoms in total. The van der Waals surface area contributed by atoms with Crippen LogP contribution in [0.4, 0.5) is 0 Å². The maximum absolute atomic E-state index is 3.59. The van der Waals surface area contributed by atoms with E-state index >= 15 is 0 Å². The van der Waals surface area contributed by atoms with Crippen molar-refractivity contribution in [3.05, 3.63) is 0 Å². The predicted octanol–water partition coefficient (Wildman–Crippen LogP) is 1.93. The fourth-order valence-electron chi connectivity index (χ4n) is 3.24. The Balaban J connectivity index is 1.73. The highest BCUT2D eigenvalue weighted by Gasteiger charge is 2.46. The summed E-state index contributed by atoms with van der Waals surface area (Å²) in [6, 6.07) is 1.91.